The zero-order valence-corrected chi connectivity index (χ0v) is 45.8. The molecule has 0 saturated carbocycles. The number of alkyl halides is 1. The fourth-order valence-electron chi connectivity index (χ4n) is 11.4. The molecule has 3 fully saturated rings. The number of rotatable bonds is 15. The van der Waals surface area contributed by atoms with Crippen LogP contribution >= 0.6 is 0 Å². The normalized spacial score (nSPS) is 38.8. The van der Waals surface area contributed by atoms with Crippen LogP contribution in [0.1, 0.15) is 112 Å². The Balaban J connectivity index is 1.24. The molecule has 0 aromatic carbocycles. The third-order valence-electron chi connectivity index (χ3n) is 16.2. The number of pyridine rings is 2. The van der Waals surface area contributed by atoms with Crippen molar-refractivity contribution < 1.29 is 63.1 Å². The molecule has 0 spiro atoms. The molecule has 0 aliphatic carbocycles. The van der Waals surface area contributed by atoms with E-state index in [4.69, 9.17) is 28.4 Å². The van der Waals surface area contributed by atoms with Gasteiger partial charge < -0.3 is 63.8 Å². The van der Waals surface area contributed by atoms with Crippen LogP contribution in [-0.4, -0.2) is 198 Å². The van der Waals surface area contributed by atoms with Crippen LogP contribution in [0.5, 0.6) is 0 Å². The monoisotopic (exact) mass is 1040 g/mol. The first-order valence-corrected chi connectivity index (χ1v) is 26.4. The van der Waals surface area contributed by atoms with E-state index in [1.807, 2.05) is 62.0 Å². The van der Waals surface area contributed by atoms with Crippen molar-refractivity contribution in [1.29, 1.82) is 0 Å². The van der Waals surface area contributed by atoms with Crippen molar-refractivity contribution in [1.82, 2.24) is 34.8 Å². The van der Waals surface area contributed by atoms with Crippen molar-refractivity contribution in [3.8, 4) is 11.3 Å². The van der Waals surface area contributed by atoms with Crippen LogP contribution in [0.15, 0.2) is 49.1 Å². The zero-order chi connectivity index (χ0) is 54.4. The molecule has 0 radical (unpaired) electrons. The van der Waals surface area contributed by atoms with Crippen LogP contribution in [0.3, 0.4) is 0 Å². The highest BCUT2D eigenvalue weighted by atomic mass is 19.1. The summed E-state index contributed by atoms with van der Waals surface area (Å²) in [5.74, 6) is -2.85. The maximum Gasteiger partial charge on any atom is 0.311 e. The predicted molar refractivity (Wildman–Crippen MR) is 273 cm³/mol. The Morgan fingerprint density at radius 1 is 0.986 bits per heavy atom. The van der Waals surface area contributed by atoms with Crippen LogP contribution < -0.4 is 0 Å². The molecule has 20 heteroatoms. The Morgan fingerprint density at radius 2 is 1.72 bits per heavy atom. The molecule has 74 heavy (non-hydrogen) atoms. The van der Waals surface area contributed by atoms with Gasteiger partial charge in [-0.1, -0.05) is 32.1 Å². The van der Waals surface area contributed by atoms with E-state index in [2.05, 4.69) is 20.3 Å². The Kier molecular flexibility index (Phi) is 20.3. The van der Waals surface area contributed by atoms with Gasteiger partial charge in [0, 0.05) is 81.4 Å². The summed E-state index contributed by atoms with van der Waals surface area (Å²) in [4.78, 5) is 27.1. The van der Waals surface area contributed by atoms with E-state index in [-0.39, 0.29) is 25.2 Å². The van der Waals surface area contributed by atoms with Crippen molar-refractivity contribution in [3.05, 3.63) is 60.3 Å². The number of aliphatic hydroxyl groups is 5. The molecule has 3 aliphatic rings. The van der Waals surface area contributed by atoms with E-state index in [1.54, 1.807) is 77.9 Å². The quantitative estimate of drug-likeness (QED) is 0.133. The van der Waals surface area contributed by atoms with E-state index in [0.717, 1.165) is 16.8 Å². The number of nitrogens with zero attached hydrogens (tertiary/aromatic N) is 7. The molecular formula is C54H86FN7O12. The Morgan fingerprint density at radius 3 is 2.35 bits per heavy atom. The number of ether oxygens (including phenoxy) is 6. The lowest BCUT2D eigenvalue weighted by Gasteiger charge is -2.49. The number of likely N-dealkylation sites (N-methyl/N-ethyl adjacent to an activating group) is 2. The Labute approximate surface area is 437 Å². The Bertz CT molecular complexity index is 2210. The summed E-state index contributed by atoms with van der Waals surface area (Å²) in [6.45, 7) is 17.7. The minimum Gasteiger partial charge on any atom is -0.459 e. The molecule has 0 amide bonds. The summed E-state index contributed by atoms with van der Waals surface area (Å²) >= 11 is 0. The molecule has 3 aromatic rings. The van der Waals surface area contributed by atoms with Crippen molar-refractivity contribution in [2.24, 2.45) is 17.8 Å². The van der Waals surface area contributed by atoms with E-state index in [1.165, 1.54) is 14.0 Å². The first-order chi connectivity index (χ1) is 34.8. The summed E-state index contributed by atoms with van der Waals surface area (Å²) in [6, 6.07) is 5.94. The first-order valence-electron chi connectivity index (χ1n) is 26.4. The average Bonchev–Trinajstić information content (AvgIpc) is 3.85. The zero-order valence-electron chi connectivity index (χ0n) is 45.8. The second-order valence-corrected chi connectivity index (χ2v) is 22.4. The van der Waals surface area contributed by atoms with Crippen molar-refractivity contribution >= 4 is 5.97 Å². The molecule has 0 bridgehead atoms. The van der Waals surface area contributed by atoms with E-state index < -0.39 is 121 Å². The number of hydrogen-bond donors (Lipinski definition) is 5. The molecule has 3 aliphatic heterocycles. The molecule has 6 rings (SSSR count). The number of hydrogen-bond acceptors (Lipinski definition) is 18. The fraction of sp³-hybridized carbons (Fsp3) is 0.759. The number of aromatic nitrogens is 5. The smallest absolute Gasteiger partial charge is 0.311 e. The summed E-state index contributed by atoms with van der Waals surface area (Å²) in [5, 5.41) is 68.5. The van der Waals surface area contributed by atoms with Gasteiger partial charge >= 0.3 is 5.97 Å². The van der Waals surface area contributed by atoms with Gasteiger partial charge in [0.2, 0.25) is 0 Å². The molecule has 5 N–H and O–H groups in total. The van der Waals surface area contributed by atoms with Gasteiger partial charge in [0.05, 0.1) is 59.0 Å². The molecule has 0 unspecified atom stereocenters. The van der Waals surface area contributed by atoms with Crippen LogP contribution in [0.4, 0.5) is 4.39 Å². The van der Waals surface area contributed by atoms with E-state index >= 15 is 0 Å². The highest BCUT2D eigenvalue weighted by Crippen LogP contribution is 2.40. The van der Waals surface area contributed by atoms with E-state index in [9.17, 15) is 34.7 Å². The Hall–Kier alpha value is -3.64. The lowest BCUT2D eigenvalue weighted by Crippen LogP contribution is -2.61. The summed E-state index contributed by atoms with van der Waals surface area (Å²) in [6.07, 6.45) is -1.63. The van der Waals surface area contributed by atoms with Gasteiger partial charge in [-0.05, 0) is 118 Å². The molecular weight excluding hydrogens is 958 g/mol. The largest absolute Gasteiger partial charge is 0.459 e. The number of carbonyl (C=O) groups excluding carboxylic acids is 1. The third-order valence-corrected chi connectivity index (χ3v) is 16.2. The van der Waals surface area contributed by atoms with Gasteiger partial charge in [-0.3, -0.25) is 14.8 Å². The maximum absolute atomic E-state index is 14.5. The van der Waals surface area contributed by atoms with Gasteiger partial charge in [-0.2, -0.15) is 0 Å². The lowest BCUT2D eigenvalue weighted by atomic mass is 9.77. The highest BCUT2D eigenvalue weighted by Gasteiger charge is 2.53. The topological polar surface area (TPSA) is 237 Å². The van der Waals surface area contributed by atoms with Gasteiger partial charge in [-0.15, -0.1) is 5.10 Å². The number of methoxy groups -OCH3 is 1. The van der Waals surface area contributed by atoms with Crippen LogP contribution in [0.25, 0.3) is 11.3 Å². The predicted octanol–water partition coefficient (Wildman–Crippen LogP) is 4.32. The van der Waals surface area contributed by atoms with Gasteiger partial charge in [0.25, 0.3) is 0 Å². The second kappa shape index (κ2) is 25.2. The number of cyclic esters (lactones) is 1. The minimum absolute atomic E-state index is 0.0877. The average molecular weight is 1040 g/mol. The van der Waals surface area contributed by atoms with Gasteiger partial charge in [0.15, 0.2) is 12.6 Å². The third kappa shape index (κ3) is 13.9. The molecule has 3 aromatic heterocycles. The van der Waals surface area contributed by atoms with Gasteiger partial charge in [0.1, 0.15) is 36.7 Å². The molecule has 3 saturated heterocycles. The fourth-order valence-corrected chi connectivity index (χ4v) is 11.4. The minimum atomic E-state index is -1.85. The summed E-state index contributed by atoms with van der Waals surface area (Å²) < 4.78 is 54.4. The van der Waals surface area contributed by atoms with Crippen LogP contribution in [-0.2, 0) is 46.1 Å². The molecule has 416 valence electrons. The van der Waals surface area contributed by atoms with E-state index in [0.29, 0.717) is 38.0 Å². The van der Waals surface area contributed by atoms with Gasteiger partial charge in [-0.25, -0.2) is 9.07 Å². The first kappa shape index (κ1) is 59.6. The van der Waals surface area contributed by atoms with Crippen molar-refractivity contribution in [2.75, 3.05) is 41.0 Å². The number of carbonyl (C=O) groups is 1. The van der Waals surface area contributed by atoms with Crippen LogP contribution in [0.2, 0.25) is 0 Å². The molecule has 19 atom stereocenters. The number of aliphatic hydroxyl groups excluding tert-OH is 3. The summed E-state index contributed by atoms with van der Waals surface area (Å²) in [7, 11) is 5.22. The number of halogens is 1. The second-order valence-electron chi connectivity index (χ2n) is 22.4. The maximum atomic E-state index is 14.5. The SMILES string of the molecule is CC[C@H]1OC(=O)[C@H](C)[C@@H](O[C@H]2C[C@@](C)(OC)[C@@H](O)[C@H](C)O2)[C@H](C)[C@@H](O[C@@H]2O[C@H](C)C[C@H](N(C)CCc3cn([C@H](CF)Cc4ccc(-c5cccnc5)nc4)nn3)[C@H]2O)[C@](C)(O)C[C@@H](C)CN(C)[C@H](C)[C@@H](O)[C@]1(C)O. The highest BCUT2D eigenvalue weighted by molar-refractivity contribution is 5.73. The molecule has 19 nitrogen and oxygen atoms in total. The summed E-state index contributed by atoms with van der Waals surface area (Å²) in [5.41, 5.74) is -1.42. The van der Waals surface area contributed by atoms with Crippen LogP contribution in [0, 0.1) is 17.8 Å². The number of esters is 1. The lowest BCUT2D eigenvalue weighted by molar-refractivity contribution is -0.318. The van der Waals surface area contributed by atoms with Crippen molar-refractivity contribution in [2.45, 2.75) is 204 Å². The standard InChI is InChI=1S/C54H86FN7O12/c1-14-43-54(10,68)47(64)35(6)61(12)29-31(2)24-52(8,67)49(33(4)46(34(5)50(66)72-43)73-44-25-53(9,69-13)48(65)36(7)71-44)74-51-45(63)42(22-32(3)70-51)60(11)21-19-39-30-62(59-58-39)40(26-55)23-37-17-18-41(57-27-37)38-16-15-20-56-28-38/h15-18,20,27-28,30-36,40,42-49,51,63-65,67-68H,14,19,21-26,29H2,1-13H3/t31-,32-,33+,34-,35-,36+,40+,42+,43-,44+,45-,46+,47-,48+,49-,51+,52-,53-,54-/m1/s1. The molecule has 6 heterocycles. The van der Waals surface area contributed by atoms with Crippen molar-refractivity contribution in [3.63, 3.8) is 0 Å².